The molecule has 1 fully saturated rings. The molecule has 1 atom stereocenters. The number of sulfonamides is 1. The Morgan fingerprint density at radius 2 is 2.08 bits per heavy atom. The standard InChI is InChI=1S/C16H22N4O3S.ClH/c1-3-19-16(8-9-18-19)24(21,22)20-11-10-17-12-14(20)13-6-4-5-7-15(13)23-2;/h4-9,14,17H,3,10-12H2,1-2H3;1H. The molecule has 9 heteroatoms. The second-order valence-corrected chi connectivity index (χ2v) is 7.40. The molecule has 1 aliphatic heterocycles. The molecule has 138 valence electrons. The van der Waals surface area contributed by atoms with Crippen molar-refractivity contribution in [2.45, 2.75) is 24.5 Å². The van der Waals surface area contributed by atoms with Crippen LogP contribution in [0.15, 0.2) is 41.6 Å². The summed E-state index contributed by atoms with van der Waals surface area (Å²) in [6.45, 7) is 3.94. The quantitative estimate of drug-likeness (QED) is 0.845. The number of aryl methyl sites for hydroxylation is 1. The van der Waals surface area contributed by atoms with E-state index in [1.165, 1.54) is 10.9 Å². The summed E-state index contributed by atoms with van der Waals surface area (Å²) < 4.78 is 34.9. The van der Waals surface area contributed by atoms with Crippen LogP contribution < -0.4 is 10.1 Å². The molecule has 1 aromatic heterocycles. The number of nitrogens with zero attached hydrogens (tertiary/aromatic N) is 3. The number of para-hydroxylation sites is 1. The molecule has 0 bridgehead atoms. The van der Waals surface area contributed by atoms with Crippen LogP contribution in [0.2, 0.25) is 0 Å². The smallest absolute Gasteiger partial charge is 0.260 e. The molecule has 2 heterocycles. The van der Waals surface area contributed by atoms with E-state index in [0.29, 0.717) is 31.9 Å². The fraction of sp³-hybridized carbons (Fsp3) is 0.438. The predicted molar refractivity (Wildman–Crippen MR) is 97.6 cm³/mol. The van der Waals surface area contributed by atoms with Gasteiger partial charge in [-0.15, -0.1) is 12.4 Å². The Balaban J connectivity index is 0.00000225. The Labute approximate surface area is 154 Å². The monoisotopic (exact) mass is 386 g/mol. The lowest BCUT2D eigenvalue weighted by Gasteiger charge is -2.35. The summed E-state index contributed by atoms with van der Waals surface area (Å²) in [6.07, 6.45) is 1.52. The van der Waals surface area contributed by atoms with Gasteiger partial charge >= 0.3 is 0 Å². The van der Waals surface area contributed by atoms with Crippen LogP contribution in [-0.2, 0) is 16.6 Å². The van der Waals surface area contributed by atoms with Crippen LogP contribution in [0.5, 0.6) is 5.75 Å². The number of hydrogen-bond donors (Lipinski definition) is 1. The second-order valence-electron chi connectivity index (χ2n) is 5.56. The molecule has 0 saturated carbocycles. The zero-order valence-corrected chi connectivity index (χ0v) is 15.9. The van der Waals surface area contributed by atoms with Gasteiger partial charge in [-0.2, -0.15) is 9.40 Å². The van der Waals surface area contributed by atoms with Gasteiger partial charge in [-0.1, -0.05) is 18.2 Å². The largest absolute Gasteiger partial charge is 0.496 e. The summed E-state index contributed by atoms with van der Waals surface area (Å²) in [4.78, 5) is 0. The molecular formula is C16H23ClN4O3S. The van der Waals surface area contributed by atoms with Crippen LogP contribution in [0, 0.1) is 0 Å². The van der Waals surface area contributed by atoms with Gasteiger partial charge in [-0.05, 0) is 19.1 Å². The number of nitrogens with one attached hydrogen (secondary N) is 1. The van der Waals surface area contributed by atoms with Crippen molar-refractivity contribution in [1.29, 1.82) is 0 Å². The molecule has 1 N–H and O–H groups in total. The topological polar surface area (TPSA) is 76.5 Å². The Morgan fingerprint density at radius 1 is 1.32 bits per heavy atom. The minimum atomic E-state index is -3.65. The first-order chi connectivity index (χ1) is 11.6. The summed E-state index contributed by atoms with van der Waals surface area (Å²) in [7, 11) is -2.05. The summed E-state index contributed by atoms with van der Waals surface area (Å²) >= 11 is 0. The minimum absolute atomic E-state index is 0. The number of aromatic nitrogens is 2. The van der Waals surface area contributed by atoms with Gasteiger partial charge in [-0.3, -0.25) is 4.68 Å². The van der Waals surface area contributed by atoms with Crippen LogP contribution in [0.25, 0.3) is 0 Å². The maximum atomic E-state index is 13.2. The van der Waals surface area contributed by atoms with E-state index in [1.54, 1.807) is 17.5 Å². The van der Waals surface area contributed by atoms with Gasteiger partial charge in [0.05, 0.1) is 19.3 Å². The first-order valence-electron chi connectivity index (χ1n) is 7.97. The van der Waals surface area contributed by atoms with Crippen molar-refractivity contribution in [3.63, 3.8) is 0 Å². The van der Waals surface area contributed by atoms with Gasteiger partial charge in [0.2, 0.25) is 0 Å². The number of hydrogen-bond acceptors (Lipinski definition) is 5. The number of rotatable bonds is 5. The molecule has 1 aliphatic rings. The second kappa shape index (κ2) is 8.18. The molecule has 25 heavy (non-hydrogen) atoms. The van der Waals surface area contributed by atoms with Crippen molar-refractivity contribution in [2.24, 2.45) is 0 Å². The molecule has 0 spiro atoms. The summed E-state index contributed by atoms with van der Waals surface area (Å²) in [5.74, 6) is 0.690. The van der Waals surface area contributed by atoms with Gasteiger partial charge in [0, 0.05) is 31.7 Å². The molecule has 0 radical (unpaired) electrons. The SMILES string of the molecule is CCn1nccc1S(=O)(=O)N1CCNCC1c1ccccc1OC.Cl. The van der Waals surface area contributed by atoms with Crippen molar-refractivity contribution in [2.75, 3.05) is 26.7 Å². The van der Waals surface area contributed by atoms with Crippen LogP contribution in [0.1, 0.15) is 18.5 Å². The molecule has 0 aliphatic carbocycles. The van der Waals surface area contributed by atoms with Gasteiger partial charge < -0.3 is 10.1 Å². The summed E-state index contributed by atoms with van der Waals surface area (Å²) in [5, 5.41) is 7.60. The Bertz CT molecular complexity index is 809. The van der Waals surface area contributed by atoms with Crippen molar-refractivity contribution >= 4 is 22.4 Å². The molecule has 1 saturated heterocycles. The number of methoxy groups -OCH3 is 1. The zero-order chi connectivity index (χ0) is 17.2. The van der Waals surface area contributed by atoms with E-state index >= 15 is 0 Å². The molecule has 3 rings (SSSR count). The van der Waals surface area contributed by atoms with Crippen molar-refractivity contribution in [1.82, 2.24) is 19.4 Å². The molecular weight excluding hydrogens is 364 g/mol. The number of halogens is 1. The molecule has 7 nitrogen and oxygen atoms in total. The zero-order valence-electron chi connectivity index (χ0n) is 14.3. The third-order valence-electron chi connectivity index (χ3n) is 4.24. The molecule has 0 amide bonds. The summed E-state index contributed by atoms with van der Waals surface area (Å²) in [5.41, 5.74) is 0.860. The molecule has 2 aromatic rings. The Morgan fingerprint density at radius 3 is 2.80 bits per heavy atom. The highest BCUT2D eigenvalue weighted by atomic mass is 35.5. The number of piperazine rings is 1. The highest BCUT2D eigenvalue weighted by Crippen LogP contribution is 2.33. The molecule has 1 aromatic carbocycles. The average molecular weight is 387 g/mol. The van der Waals surface area contributed by atoms with E-state index in [2.05, 4.69) is 10.4 Å². The maximum absolute atomic E-state index is 13.2. The van der Waals surface area contributed by atoms with E-state index in [1.807, 2.05) is 31.2 Å². The predicted octanol–water partition coefficient (Wildman–Crippen LogP) is 1.67. The fourth-order valence-corrected chi connectivity index (χ4v) is 4.85. The highest BCUT2D eigenvalue weighted by Gasteiger charge is 2.37. The van der Waals surface area contributed by atoms with Gasteiger partial charge in [0.15, 0.2) is 5.03 Å². The van der Waals surface area contributed by atoms with Crippen molar-refractivity contribution in [3.05, 3.63) is 42.1 Å². The van der Waals surface area contributed by atoms with E-state index in [9.17, 15) is 8.42 Å². The fourth-order valence-electron chi connectivity index (χ4n) is 3.08. The highest BCUT2D eigenvalue weighted by molar-refractivity contribution is 7.89. The minimum Gasteiger partial charge on any atom is -0.496 e. The lowest BCUT2D eigenvalue weighted by atomic mass is 10.0. The van der Waals surface area contributed by atoms with Gasteiger partial charge in [0.25, 0.3) is 10.0 Å². The Hall–Kier alpha value is -1.61. The third kappa shape index (κ3) is 3.67. The summed E-state index contributed by atoms with van der Waals surface area (Å²) in [6, 6.07) is 8.78. The molecule has 1 unspecified atom stereocenters. The van der Waals surface area contributed by atoms with Gasteiger partial charge in [0.1, 0.15) is 5.75 Å². The normalized spacial score (nSPS) is 18.6. The van der Waals surface area contributed by atoms with E-state index in [4.69, 9.17) is 4.74 Å². The van der Waals surface area contributed by atoms with Crippen molar-refractivity contribution < 1.29 is 13.2 Å². The van der Waals surface area contributed by atoms with Crippen molar-refractivity contribution in [3.8, 4) is 5.75 Å². The lowest BCUT2D eigenvalue weighted by Crippen LogP contribution is -2.49. The average Bonchev–Trinajstić information content (AvgIpc) is 3.11. The van der Waals surface area contributed by atoms with E-state index in [-0.39, 0.29) is 23.5 Å². The van der Waals surface area contributed by atoms with Gasteiger partial charge in [-0.25, -0.2) is 8.42 Å². The first-order valence-corrected chi connectivity index (χ1v) is 9.41. The number of benzene rings is 1. The van der Waals surface area contributed by atoms with Crippen LogP contribution >= 0.6 is 12.4 Å². The van der Waals surface area contributed by atoms with Crippen LogP contribution in [0.4, 0.5) is 0 Å². The van der Waals surface area contributed by atoms with E-state index < -0.39 is 10.0 Å². The van der Waals surface area contributed by atoms with Crippen LogP contribution in [-0.4, -0.2) is 49.2 Å². The maximum Gasteiger partial charge on any atom is 0.260 e. The third-order valence-corrected chi connectivity index (χ3v) is 6.17. The lowest BCUT2D eigenvalue weighted by molar-refractivity contribution is 0.262. The van der Waals surface area contributed by atoms with E-state index in [0.717, 1.165) is 5.56 Å². The number of ether oxygens (including phenoxy) is 1. The van der Waals surface area contributed by atoms with Crippen LogP contribution in [0.3, 0.4) is 0 Å². The Kier molecular flexibility index (Phi) is 6.45. The first kappa shape index (κ1) is 19.7.